The Morgan fingerprint density at radius 2 is 1.71 bits per heavy atom. The van der Waals surface area contributed by atoms with Gasteiger partial charge in [0.15, 0.2) is 6.61 Å². The van der Waals surface area contributed by atoms with E-state index >= 15 is 0 Å². The lowest BCUT2D eigenvalue weighted by atomic mass is 10.2. The number of carbonyl (C=O) groups is 2. The Balaban J connectivity index is 1.60. The van der Waals surface area contributed by atoms with E-state index in [-0.39, 0.29) is 23.9 Å². The van der Waals surface area contributed by atoms with Gasteiger partial charge in [-0.3, -0.25) is 19.7 Å². The third-order valence-corrected chi connectivity index (χ3v) is 4.17. The van der Waals surface area contributed by atoms with Crippen molar-refractivity contribution in [1.82, 2.24) is 0 Å². The first-order chi connectivity index (χ1) is 15.0. The fourth-order valence-corrected chi connectivity index (χ4v) is 2.69. The van der Waals surface area contributed by atoms with Crippen molar-refractivity contribution in [2.24, 2.45) is 0 Å². The number of ether oxygens (including phenoxy) is 2. The van der Waals surface area contributed by atoms with Crippen LogP contribution in [0.1, 0.15) is 10.4 Å². The van der Waals surface area contributed by atoms with Crippen LogP contribution in [0, 0.1) is 10.1 Å². The molecule has 3 aromatic rings. The number of nitro groups is 1. The zero-order valence-electron chi connectivity index (χ0n) is 16.5. The molecule has 0 unspecified atom stereocenters. The summed E-state index contributed by atoms with van der Waals surface area (Å²) < 4.78 is 10.4. The highest BCUT2D eigenvalue weighted by Gasteiger charge is 2.17. The molecule has 0 spiro atoms. The number of hydrogen-bond donors (Lipinski definition) is 2. The first-order valence-corrected chi connectivity index (χ1v) is 9.18. The van der Waals surface area contributed by atoms with E-state index in [1.807, 2.05) is 6.07 Å². The largest absolute Gasteiger partial charge is 0.496 e. The van der Waals surface area contributed by atoms with Crippen molar-refractivity contribution in [2.75, 3.05) is 24.4 Å². The molecule has 0 heterocycles. The van der Waals surface area contributed by atoms with E-state index in [1.165, 1.54) is 25.3 Å². The lowest BCUT2D eigenvalue weighted by Crippen LogP contribution is -2.20. The van der Waals surface area contributed by atoms with Crippen molar-refractivity contribution in [3.8, 4) is 11.5 Å². The van der Waals surface area contributed by atoms with Crippen molar-refractivity contribution < 1.29 is 24.0 Å². The minimum absolute atomic E-state index is 0.0308. The van der Waals surface area contributed by atoms with Gasteiger partial charge in [0.1, 0.15) is 17.2 Å². The molecule has 0 aliphatic heterocycles. The van der Waals surface area contributed by atoms with Crippen LogP contribution in [0.3, 0.4) is 0 Å². The smallest absolute Gasteiger partial charge is 0.296 e. The summed E-state index contributed by atoms with van der Waals surface area (Å²) in [4.78, 5) is 35.0. The van der Waals surface area contributed by atoms with Crippen LogP contribution in [0.4, 0.5) is 17.1 Å². The molecule has 0 saturated heterocycles. The average Bonchev–Trinajstić information content (AvgIpc) is 2.78. The monoisotopic (exact) mass is 421 g/mol. The summed E-state index contributed by atoms with van der Waals surface area (Å²) in [6, 6.07) is 19.4. The average molecular weight is 421 g/mol. The molecular weight excluding hydrogens is 402 g/mol. The number of methoxy groups -OCH3 is 1. The van der Waals surface area contributed by atoms with Crippen LogP contribution in [0.25, 0.3) is 0 Å². The number of hydrogen-bond acceptors (Lipinski definition) is 6. The molecule has 3 aromatic carbocycles. The second-order valence-electron chi connectivity index (χ2n) is 6.33. The molecule has 0 aliphatic rings. The van der Waals surface area contributed by atoms with Gasteiger partial charge in [0.2, 0.25) is 0 Å². The molecule has 31 heavy (non-hydrogen) atoms. The Morgan fingerprint density at radius 3 is 2.42 bits per heavy atom. The molecule has 3 rings (SSSR count). The van der Waals surface area contributed by atoms with Gasteiger partial charge in [0, 0.05) is 17.3 Å². The highest BCUT2D eigenvalue weighted by Crippen LogP contribution is 2.29. The minimum Gasteiger partial charge on any atom is -0.496 e. The number of rotatable bonds is 8. The van der Waals surface area contributed by atoms with Crippen LogP contribution < -0.4 is 20.1 Å². The molecule has 0 atom stereocenters. The van der Waals surface area contributed by atoms with Gasteiger partial charge in [0.25, 0.3) is 17.5 Å². The minimum atomic E-state index is -0.613. The second kappa shape index (κ2) is 9.88. The fourth-order valence-electron chi connectivity index (χ4n) is 2.69. The van der Waals surface area contributed by atoms with E-state index in [0.29, 0.717) is 22.7 Å². The van der Waals surface area contributed by atoms with E-state index in [0.717, 1.165) is 0 Å². The molecule has 0 fully saturated rings. The number of amides is 2. The maximum absolute atomic E-state index is 12.2. The van der Waals surface area contributed by atoms with Crippen LogP contribution in [-0.4, -0.2) is 30.5 Å². The molecule has 0 aromatic heterocycles. The van der Waals surface area contributed by atoms with E-state index in [9.17, 15) is 19.7 Å². The fraction of sp³-hybridized carbons (Fsp3) is 0.0909. The molecule has 0 radical (unpaired) electrons. The molecule has 0 bridgehead atoms. The summed E-state index contributed by atoms with van der Waals surface area (Å²) in [6.45, 7) is -0.376. The van der Waals surface area contributed by atoms with E-state index in [4.69, 9.17) is 9.47 Å². The number of benzene rings is 3. The van der Waals surface area contributed by atoms with Crippen LogP contribution in [0.5, 0.6) is 11.5 Å². The summed E-state index contributed by atoms with van der Waals surface area (Å²) in [6.07, 6.45) is 0. The summed E-state index contributed by atoms with van der Waals surface area (Å²) in [7, 11) is 1.39. The second-order valence-corrected chi connectivity index (χ2v) is 6.33. The Morgan fingerprint density at radius 1 is 0.935 bits per heavy atom. The Labute approximate surface area is 177 Å². The predicted octanol–water partition coefficient (Wildman–Crippen LogP) is 3.87. The number of anilines is 2. The van der Waals surface area contributed by atoms with Gasteiger partial charge < -0.3 is 20.1 Å². The first kappa shape index (κ1) is 21.3. The summed E-state index contributed by atoms with van der Waals surface area (Å²) >= 11 is 0. The van der Waals surface area contributed by atoms with Gasteiger partial charge in [-0.2, -0.15) is 0 Å². The maximum atomic E-state index is 12.2. The topological polar surface area (TPSA) is 120 Å². The lowest BCUT2D eigenvalue weighted by Gasteiger charge is -2.10. The number of nitro benzene ring substituents is 1. The number of carbonyl (C=O) groups excluding carboxylic acids is 2. The molecule has 9 heteroatoms. The van der Waals surface area contributed by atoms with Gasteiger partial charge in [0.05, 0.1) is 18.1 Å². The molecule has 2 N–H and O–H groups in total. The number of nitrogens with one attached hydrogen (secondary N) is 2. The molecule has 158 valence electrons. The van der Waals surface area contributed by atoms with Crippen LogP contribution >= 0.6 is 0 Å². The van der Waals surface area contributed by atoms with E-state index < -0.39 is 10.8 Å². The van der Waals surface area contributed by atoms with Crippen molar-refractivity contribution in [1.29, 1.82) is 0 Å². The molecular formula is C22H19N3O6. The zero-order chi connectivity index (χ0) is 22.2. The molecule has 0 aliphatic carbocycles. The van der Waals surface area contributed by atoms with Gasteiger partial charge in [-0.15, -0.1) is 0 Å². The lowest BCUT2D eigenvalue weighted by molar-refractivity contribution is -0.384. The quantitative estimate of drug-likeness (QED) is 0.421. The van der Waals surface area contributed by atoms with Crippen molar-refractivity contribution >= 4 is 28.9 Å². The third kappa shape index (κ3) is 5.80. The Kier molecular flexibility index (Phi) is 6.79. The highest BCUT2D eigenvalue weighted by atomic mass is 16.6. The zero-order valence-corrected chi connectivity index (χ0v) is 16.5. The van der Waals surface area contributed by atoms with Crippen LogP contribution in [0.15, 0.2) is 72.8 Å². The van der Waals surface area contributed by atoms with Crippen molar-refractivity contribution in [3.63, 3.8) is 0 Å². The highest BCUT2D eigenvalue weighted by molar-refractivity contribution is 6.04. The first-order valence-electron chi connectivity index (χ1n) is 9.18. The summed E-state index contributed by atoms with van der Waals surface area (Å²) in [5, 5.41) is 16.4. The molecule has 9 nitrogen and oxygen atoms in total. The number of nitrogens with zero attached hydrogens (tertiary/aromatic N) is 1. The van der Waals surface area contributed by atoms with Gasteiger partial charge in [-0.05, 0) is 36.4 Å². The van der Waals surface area contributed by atoms with E-state index in [1.54, 1.807) is 48.5 Å². The predicted molar refractivity (Wildman–Crippen MR) is 115 cm³/mol. The molecule has 0 saturated carbocycles. The summed E-state index contributed by atoms with van der Waals surface area (Å²) in [5.74, 6) is -0.199. The van der Waals surface area contributed by atoms with Gasteiger partial charge >= 0.3 is 0 Å². The van der Waals surface area contributed by atoms with E-state index in [2.05, 4.69) is 10.6 Å². The van der Waals surface area contributed by atoms with Crippen LogP contribution in [-0.2, 0) is 4.79 Å². The summed E-state index contributed by atoms with van der Waals surface area (Å²) in [5.41, 5.74) is 0.744. The molecule has 2 amide bonds. The standard InChI is InChI=1S/C22H19N3O6/c1-30-17-10-11-19(20(13-17)25(28)29)24-21(26)14-31-18-9-5-8-16(12-18)23-22(27)15-6-3-2-4-7-15/h2-13H,14H2,1H3,(H,23,27)(H,24,26). The maximum Gasteiger partial charge on any atom is 0.296 e. The van der Waals surface area contributed by atoms with Crippen LogP contribution in [0.2, 0.25) is 0 Å². The Hall–Kier alpha value is -4.40. The normalized spacial score (nSPS) is 10.1. The van der Waals surface area contributed by atoms with Gasteiger partial charge in [-0.1, -0.05) is 24.3 Å². The Bertz CT molecular complexity index is 1100. The third-order valence-electron chi connectivity index (χ3n) is 4.17. The van der Waals surface area contributed by atoms with Crippen molar-refractivity contribution in [3.05, 3.63) is 88.5 Å². The van der Waals surface area contributed by atoms with Crippen molar-refractivity contribution in [2.45, 2.75) is 0 Å². The van der Waals surface area contributed by atoms with Gasteiger partial charge in [-0.25, -0.2) is 0 Å². The SMILES string of the molecule is COc1ccc(NC(=O)COc2cccc(NC(=O)c3ccccc3)c2)c([N+](=O)[O-])c1.